The maximum Gasteiger partial charge on any atom is 0.207 e. The molecule has 0 fully saturated rings. The van der Waals surface area contributed by atoms with Crippen molar-refractivity contribution < 1.29 is 9.53 Å². The number of ether oxygens (including phenoxy) is 1. The van der Waals surface area contributed by atoms with Crippen LogP contribution in [-0.4, -0.2) is 27.4 Å². The van der Waals surface area contributed by atoms with Crippen molar-refractivity contribution in [3.8, 4) is 16.5 Å². The molecule has 2 aromatic carbocycles. The summed E-state index contributed by atoms with van der Waals surface area (Å²) in [4.78, 5) is 23.1. The summed E-state index contributed by atoms with van der Waals surface area (Å²) in [5.74, 6) is 0.652. The number of hydrogen-bond donors (Lipinski definition) is 0. The second-order valence-corrected chi connectivity index (χ2v) is 9.10. The Morgan fingerprint density at radius 1 is 1.09 bits per heavy atom. The van der Waals surface area contributed by atoms with E-state index in [0.717, 1.165) is 32.9 Å². The molecule has 0 amide bonds. The van der Waals surface area contributed by atoms with Crippen LogP contribution in [0, 0.1) is 6.92 Å². The third-order valence-electron chi connectivity index (χ3n) is 5.63. The van der Waals surface area contributed by atoms with E-state index >= 15 is 0 Å². The van der Waals surface area contributed by atoms with Crippen molar-refractivity contribution >= 4 is 39.6 Å². The van der Waals surface area contributed by atoms with Gasteiger partial charge in [0, 0.05) is 40.6 Å². The number of pyridine rings is 1. The Morgan fingerprint density at radius 3 is 2.64 bits per heavy atom. The van der Waals surface area contributed by atoms with E-state index < -0.39 is 0 Å². The summed E-state index contributed by atoms with van der Waals surface area (Å²) < 4.78 is 7.61. The van der Waals surface area contributed by atoms with Crippen molar-refractivity contribution in [1.82, 2.24) is 14.5 Å². The van der Waals surface area contributed by atoms with E-state index in [0.29, 0.717) is 27.8 Å². The zero-order valence-corrected chi connectivity index (χ0v) is 19.7. The van der Waals surface area contributed by atoms with E-state index in [9.17, 15) is 4.79 Å². The van der Waals surface area contributed by atoms with Crippen LogP contribution in [0.5, 0.6) is 5.75 Å². The molecule has 0 saturated carbocycles. The molecule has 0 bridgehead atoms. The van der Waals surface area contributed by atoms with E-state index in [1.54, 1.807) is 19.5 Å². The number of ketones is 1. The van der Waals surface area contributed by atoms with E-state index in [1.165, 1.54) is 11.3 Å². The van der Waals surface area contributed by atoms with Crippen molar-refractivity contribution in [2.45, 2.75) is 13.5 Å². The molecule has 0 aliphatic heterocycles. The number of fused-ring (bicyclic) bond motifs is 1. The van der Waals surface area contributed by atoms with E-state index in [4.69, 9.17) is 16.3 Å². The van der Waals surface area contributed by atoms with Crippen molar-refractivity contribution in [3.05, 3.63) is 99.8 Å². The number of hydrogen-bond acceptors (Lipinski definition) is 5. The van der Waals surface area contributed by atoms with E-state index in [2.05, 4.69) is 14.5 Å². The Kier molecular flexibility index (Phi) is 5.70. The lowest BCUT2D eigenvalue weighted by molar-refractivity contribution is 0.104. The van der Waals surface area contributed by atoms with Gasteiger partial charge in [0.15, 0.2) is 0 Å². The summed E-state index contributed by atoms with van der Waals surface area (Å²) in [7, 11) is 1.63. The molecule has 5 aromatic rings. The second-order valence-electron chi connectivity index (χ2n) is 7.63. The molecule has 0 aliphatic carbocycles. The fourth-order valence-electron chi connectivity index (χ4n) is 3.96. The first-order valence-electron chi connectivity index (χ1n) is 10.4. The quantitative estimate of drug-likeness (QED) is 0.267. The highest BCUT2D eigenvalue weighted by Crippen LogP contribution is 2.34. The van der Waals surface area contributed by atoms with Gasteiger partial charge in [-0.15, -0.1) is 11.3 Å². The number of methoxy groups -OCH3 is 1. The Hall–Kier alpha value is -3.48. The van der Waals surface area contributed by atoms with Gasteiger partial charge in [0.05, 0.1) is 23.2 Å². The largest absolute Gasteiger partial charge is 0.497 e. The van der Waals surface area contributed by atoms with Gasteiger partial charge in [0.1, 0.15) is 10.8 Å². The molecular formula is C26H20ClN3O2S. The molecule has 5 nitrogen and oxygen atoms in total. The predicted octanol–water partition coefficient (Wildman–Crippen LogP) is 6.41. The highest BCUT2D eigenvalue weighted by Gasteiger charge is 2.24. The molecular weight excluding hydrogens is 454 g/mol. The minimum atomic E-state index is -0.0553. The summed E-state index contributed by atoms with van der Waals surface area (Å²) >= 11 is 7.41. The third kappa shape index (κ3) is 4.03. The number of thiazole rings is 1. The molecule has 0 radical (unpaired) electrons. The highest BCUT2D eigenvalue weighted by molar-refractivity contribution is 7.17. The zero-order chi connectivity index (χ0) is 22.9. The topological polar surface area (TPSA) is 57.0 Å². The standard InChI is InChI=1S/C26H20ClN3O2S/c1-16-24(25(31)23-14-29-26(33-23)21-5-3-4-12-28-21)20-13-19(32-2)10-11-22(20)30(16)15-17-6-8-18(27)9-7-17/h3-14H,15H2,1-2H3. The normalized spacial score (nSPS) is 11.1. The van der Waals surface area contributed by atoms with Crippen molar-refractivity contribution in [2.75, 3.05) is 7.11 Å². The van der Waals surface area contributed by atoms with Crippen LogP contribution in [0.2, 0.25) is 5.02 Å². The van der Waals surface area contributed by atoms with Crippen molar-refractivity contribution in [3.63, 3.8) is 0 Å². The third-order valence-corrected chi connectivity index (χ3v) is 6.90. The van der Waals surface area contributed by atoms with Crippen LogP contribution in [0.25, 0.3) is 21.6 Å². The first kappa shape index (κ1) is 21.4. The summed E-state index contributed by atoms with van der Waals surface area (Å²) in [5.41, 5.74) is 4.38. The lowest BCUT2D eigenvalue weighted by atomic mass is 10.1. The van der Waals surface area contributed by atoms with Crippen LogP contribution < -0.4 is 4.74 Å². The number of carbonyl (C=O) groups is 1. The molecule has 0 atom stereocenters. The van der Waals surface area contributed by atoms with Gasteiger partial charge in [0.25, 0.3) is 0 Å². The van der Waals surface area contributed by atoms with Crippen molar-refractivity contribution in [2.24, 2.45) is 0 Å². The van der Waals surface area contributed by atoms with Crippen molar-refractivity contribution in [1.29, 1.82) is 0 Å². The first-order valence-corrected chi connectivity index (χ1v) is 11.6. The lowest BCUT2D eigenvalue weighted by Crippen LogP contribution is -2.05. The monoisotopic (exact) mass is 473 g/mol. The molecule has 164 valence electrons. The Morgan fingerprint density at radius 2 is 1.91 bits per heavy atom. The maximum absolute atomic E-state index is 13.7. The number of benzene rings is 2. The van der Waals surface area contributed by atoms with Gasteiger partial charge in [-0.3, -0.25) is 9.78 Å². The van der Waals surface area contributed by atoms with Crippen LogP contribution in [0.3, 0.4) is 0 Å². The van der Waals surface area contributed by atoms with Crippen LogP contribution >= 0.6 is 22.9 Å². The smallest absolute Gasteiger partial charge is 0.207 e. The number of halogens is 1. The summed E-state index contributed by atoms with van der Waals surface area (Å²) in [5, 5.41) is 2.28. The SMILES string of the molecule is COc1ccc2c(c1)c(C(=O)c1cnc(-c3ccccn3)s1)c(C)n2Cc1ccc(Cl)cc1. The fourth-order valence-corrected chi connectivity index (χ4v) is 4.93. The van der Waals surface area contributed by atoms with Crippen LogP contribution in [0.15, 0.2) is 73.1 Å². The van der Waals surface area contributed by atoms with Gasteiger partial charge in [-0.2, -0.15) is 0 Å². The average molecular weight is 474 g/mol. The molecule has 3 aromatic heterocycles. The van der Waals surface area contributed by atoms with Crippen LogP contribution in [0.1, 0.15) is 26.5 Å². The van der Waals surface area contributed by atoms with Gasteiger partial charge >= 0.3 is 0 Å². The molecule has 0 spiro atoms. The first-order chi connectivity index (χ1) is 16.0. The molecule has 7 heteroatoms. The van der Waals surface area contributed by atoms with Crippen LogP contribution in [-0.2, 0) is 6.54 Å². The van der Waals surface area contributed by atoms with Gasteiger partial charge in [-0.25, -0.2) is 4.98 Å². The summed E-state index contributed by atoms with van der Waals surface area (Å²) in [6.07, 6.45) is 3.36. The summed E-state index contributed by atoms with van der Waals surface area (Å²) in [6, 6.07) is 19.3. The number of rotatable bonds is 6. The summed E-state index contributed by atoms with van der Waals surface area (Å²) in [6.45, 7) is 2.61. The Bertz CT molecular complexity index is 1460. The zero-order valence-electron chi connectivity index (χ0n) is 18.1. The van der Waals surface area contributed by atoms with Gasteiger partial charge < -0.3 is 9.30 Å². The number of carbonyl (C=O) groups excluding carboxylic acids is 1. The van der Waals surface area contributed by atoms with Crippen LogP contribution in [0.4, 0.5) is 0 Å². The minimum absolute atomic E-state index is 0.0553. The second kappa shape index (κ2) is 8.81. The number of nitrogens with zero attached hydrogens (tertiary/aromatic N) is 3. The maximum atomic E-state index is 13.7. The van der Waals surface area contributed by atoms with Gasteiger partial charge in [-0.05, 0) is 55.0 Å². The average Bonchev–Trinajstić information content (AvgIpc) is 3.44. The lowest BCUT2D eigenvalue weighted by Gasteiger charge is -2.09. The fraction of sp³-hybridized carbons (Fsp3) is 0.115. The molecule has 33 heavy (non-hydrogen) atoms. The molecule has 0 unspecified atom stereocenters. The number of aromatic nitrogens is 3. The Balaban J connectivity index is 1.61. The molecule has 3 heterocycles. The van der Waals surface area contributed by atoms with E-state index in [-0.39, 0.29) is 5.78 Å². The van der Waals surface area contributed by atoms with Gasteiger partial charge in [-0.1, -0.05) is 29.8 Å². The van der Waals surface area contributed by atoms with Gasteiger partial charge in [0.2, 0.25) is 5.78 Å². The van der Waals surface area contributed by atoms with E-state index in [1.807, 2.05) is 67.6 Å². The highest BCUT2D eigenvalue weighted by atomic mass is 35.5. The minimum Gasteiger partial charge on any atom is -0.497 e. The predicted molar refractivity (Wildman–Crippen MR) is 133 cm³/mol. The molecule has 0 aliphatic rings. The molecule has 5 rings (SSSR count). The molecule has 0 saturated heterocycles. The Labute approximate surface area is 200 Å². The molecule has 0 N–H and O–H groups in total.